The first kappa shape index (κ1) is 13.8. The number of hydrogen-bond donors (Lipinski definition) is 0. The average molecular weight is 260 g/mol. The normalized spacial score (nSPS) is 14.5. The van der Waals surface area contributed by atoms with Crippen molar-refractivity contribution in [2.75, 3.05) is 12.3 Å². The number of hydrogen-bond acceptors (Lipinski definition) is 0. The predicted molar refractivity (Wildman–Crippen MR) is 84.5 cm³/mol. The topological polar surface area (TPSA) is 0 Å². The highest BCUT2D eigenvalue weighted by Crippen LogP contribution is 2.52. The Balaban J connectivity index is 2.14. The quantitative estimate of drug-likeness (QED) is 0.624. The van der Waals surface area contributed by atoms with Crippen LogP contribution in [0.4, 0.5) is 0 Å². The molecule has 0 heterocycles. The second-order valence-electron chi connectivity index (χ2n) is 6.20. The third kappa shape index (κ3) is 3.45. The molecule has 2 rings (SSSR count). The summed E-state index contributed by atoms with van der Waals surface area (Å²) in [4.78, 5) is 0. The first-order chi connectivity index (χ1) is 8.56. The van der Waals surface area contributed by atoms with Crippen molar-refractivity contribution < 1.29 is 0 Å². The van der Waals surface area contributed by atoms with Crippen molar-refractivity contribution in [2.45, 2.75) is 34.1 Å². The highest BCUT2D eigenvalue weighted by molar-refractivity contribution is 7.62. The molecule has 0 aliphatic heterocycles. The summed E-state index contributed by atoms with van der Waals surface area (Å²) in [6, 6.07) is 8.88. The van der Waals surface area contributed by atoms with Crippen LogP contribution in [0.25, 0.3) is 6.08 Å². The lowest BCUT2D eigenvalue weighted by Crippen LogP contribution is -2.04. The Morgan fingerprint density at radius 1 is 1.00 bits per heavy atom. The van der Waals surface area contributed by atoms with Crippen molar-refractivity contribution in [1.29, 1.82) is 0 Å². The van der Waals surface area contributed by atoms with Gasteiger partial charge in [0.05, 0.1) is 0 Å². The Labute approximate surface area is 113 Å². The highest BCUT2D eigenvalue weighted by atomic mass is 31.1. The summed E-state index contributed by atoms with van der Waals surface area (Å²) in [5, 5.41) is 1.73. The number of benzene rings is 1. The van der Waals surface area contributed by atoms with E-state index in [9.17, 15) is 0 Å². The van der Waals surface area contributed by atoms with Crippen LogP contribution in [0, 0.1) is 11.8 Å². The number of fused-ring (bicyclic) bond motifs is 1. The van der Waals surface area contributed by atoms with Crippen LogP contribution in [0.3, 0.4) is 0 Å². The minimum absolute atomic E-state index is 0.0741. The molecular weight excluding hydrogens is 235 g/mol. The maximum Gasteiger partial charge on any atom is -0.00152 e. The first-order valence-electron chi connectivity index (χ1n) is 7.09. The van der Waals surface area contributed by atoms with E-state index in [0.29, 0.717) is 0 Å². The van der Waals surface area contributed by atoms with Gasteiger partial charge < -0.3 is 0 Å². The van der Waals surface area contributed by atoms with Crippen molar-refractivity contribution in [2.24, 2.45) is 11.8 Å². The van der Waals surface area contributed by atoms with E-state index in [0.717, 1.165) is 11.8 Å². The van der Waals surface area contributed by atoms with Gasteiger partial charge in [0, 0.05) is 0 Å². The van der Waals surface area contributed by atoms with E-state index >= 15 is 0 Å². The van der Waals surface area contributed by atoms with E-state index in [-0.39, 0.29) is 7.92 Å². The molecule has 0 N–H and O–H groups in total. The van der Waals surface area contributed by atoms with Crippen LogP contribution in [0.15, 0.2) is 29.6 Å². The summed E-state index contributed by atoms with van der Waals surface area (Å²) >= 11 is 0. The lowest BCUT2D eigenvalue weighted by atomic mass is 10.1. The maximum atomic E-state index is 2.48. The summed E-state index contributed by atoms with van der Waals surface area (Å²) in [6.07, 6.45) is 6.48. The first-order valence-corrected chi connectivity index (χ1v) is 8.81. The lowest BCUT2D eigenvalue weighted by Gasteiger charge is -2.23. The molecule has 0 nitrogen and oxygen atoms in total. The van der Waals surface area contributed by atoms with Gasteiger partial charge in [0.25, 0.3) is 0 Å². The van der Waals surface area contributed by atoms with Gasteiger partial charge in [0.2, 0.25) is 0 Å². The molecule has 0 fully saturated rings. The summed E-state index contributed by atoms with van der Waals surface area (Å²) in [6.45, 7) is 9.44. The molecule has 0 aromatic heterocycles. The largest absolute Gasteiger partial charge is 0.0789 e. The average Bonchev–Trinajstić information content (AvgIpc) is 2.70. The van der Waals surface area contributed by atoms with Crippen LogP contribution >= 0.6 is 7.92 Å². The Kier molecular flexibility index (Phi) is 4.62. The number of rotatable bonds is 5. The van der Waals surface area contributed by atoms with Crippen LogP contribution in [-0.4, -0.2) is 12.3 Å². The molecule has 1 aliphatic rings. The highest BCUT2D eigenvalue weighted by Gasteiger charge is 2.21. The van der Waals surface area contributed by atoms with Gasteiger partial charge in [0.1, 0.15) is 0 Å². The third-order valence-electron chi connectivity index (χ3n) is 3.33. The van der Waals surface area contributed by atoms with Gasteiger partial charge in [-0.15, -0.1) is 0 Å². The van der Waals surface area contributed by atoms with Crippen LogP contribution in [0.2, 0.25) is 0 Å². The van der Waals surface area contributed by atoms with Crippen LogP contribution < -0.4 is 0 Å². The molecule has 1 heteroatoms. The summed E-state index contributed by atoms with van der Waals surface area (Å²) in [7, 11) is 0.0741. The molecule has 1 aromatic carbocycles. The summed E-state index contributed by atoms with van der Waals surface area (Å²) in [5.41, 5.74) is 3.00. The molecule has 0 saturated carbocycles. The van der Waals surface area contributed by atoms with Gasteiger partial charge in [0.15, 0.2) is 0 Å². The molecule has 98 valence electrons. The van der Waals surface area contributed by atoms with Crippen molar-refractivity contribution in [1.82, 2.24) is 0 Å². The second-order valence-corrected chi connectivity index (χ2v) is 8.59. The molecule has 0 amide bonds. The monoisotopic (exact) mass is 260 g/mol. The Morgan fingerprint density at radius 2 is 1.61 bits per heavy atom. The molecule has 1 aromatic rings. The van der Waals surface area contributed by atoms with Crippen molar-refractivity contribution in [3.8, 4) is 0 Å². The zero-order chi connectivity index (χ0) is 13.1. The van der Waals surface area contributed by atoms with Gasteiger partial charge in [-0.2, -0.15) is 0 Å². The van der Waals surface area contributed by atoms with Crippen LogP contribution in [0.5, 0.6) is 0 Å². The van der Waals surface area contributed by atoms with E-state index in [2.05, 4.69) is 58.0 Å². The molecule has 0 unspecified atom stereocenters. The van der Waals surface area contributed by atoms with Crippen molar-refractivity contribution >= 4 is 14.0 Å². The minimum atomic E-state index is 0.0741. The van der Waals surface area contributed by atoms with Crippen LogP contribution in [-0.2, 0) is 6.42 Å². The second kappa shape index (κ2) is 6.02. The van der Waals surface area contributed by atoms with E-state index in [1.807, 2.05) is 0 Å². The molecule has 18 heavy (non-hydrogen) atoms. The summed E-state index contributed by atoms with van der Waals surface area (Å²) in [5.74, 6) is 1.64. The predicted octanol–water partition coefficient (Wildman–Crippen LogP) is 5.38. The van der Waals surface area contributed by atoms with Gasteiger partial charge in [-0.25, -0.2) is 0 Å². The Morgan fingerprint density at radius 3 is 2.17 bits per heavy atom. The number of allylic oxidation sites excluding steroid dienone is 1. The fourth-order valence-corrected chi connectivity index (χ4v) is 5.75. The van der Waals surface area contributed by atoms with Crippen LogP contribution in [0.1, 0.15) is 38.8 Å². The smallest absolute Gasteiger partial charge is 0.00152 e. The third-order valence-corrected chi connectivity index (χ3v) is 6.77. The van der Waals surface area contributed by atoms with Gasteiger partial charge in [-0.1, -0.05) is 66.0 Å². The van der Waals surface area contributed by atoms with Gasteiger partial charge >= 0.3 is 0 Å². The zero-order valence-electron chi connectivity index (χ0n) is 12.1. The minimum Gasteiger partial charge on any atom is -0.0789 e. The Bertz CT molecular complexity index is 419. The zero-order valence-corrected chi connectivity index (χ0v) is 13.0. The Hall–Kier alpha value is -0.610. The summed E-state index contributed by atoms with van der Waals surface area (Å²) < 4.78 is 0. The van der Waals surface area contributed by atoms with Gasteiger partial charge in [-0.05, 0) is 47.0 Å². The molecule has 0 saturated heterocycles. The maximum absolute atomic E-state index is 2.48. The van der Waals surface area contributed by atoms with Crippen molar-refractivity contribution in [3.05, 3.63) is 40.7 Å². The molecule has 0 spiro atoms. The molecule has 0 bridgehead atoms. The molecule has 1 aliphatic carbocycles. The standard InChI is InChI=1S/C17H25P/c1-13(2)11-18(12-14(3)4)17-9-15-7-5-6-8-16(15)10-17/h5-9,13-14H,10-12H2,1-4H3. The fourth-order valence-electron chi connectivity index (χ4n) is 2.66. The molecule has 0 atom stereocenters. The van der Waals surface area contributed by atoms with Gasteiger partial charge in [-0.3, -0.25) is 0 Å². The van der Waals surface area contributed by atoms with E-state index in [4.69, 9.17) is 0 Å². The van der Waals surface area contributed by atoms with E-state index in [1.165, 1.54) is 29.9 Å². The SMILES string of the molecule is CC(C)CP(CC(C)C)C1=Cc2ccccc2C1. The molecular formula is C17H25P. The fraction of sp³-hybridized carbons (Fsp3) is 0.529. The molecule has 0 radical (unpaired) electrons. The van der Waals surface area contributed by atoms with E-state index < -0.39 is 0 Å². The lowest BCUT2D eigenvalue weighted by molar-refractivity contribution is 0.719. The van der Waals surface area contributed by atoms with E-state index in [1.54, 1.807) is 5.31 Å². The van der Waals surface area contributed by atoms with Crippen molar-refractivity contribution in [3.63, 3.8) is 0 Å².